The molecule has 1 aromatic carbocycles. The molecule has 0 saturated heterocycles. The van der Waals surface area contributed by atoms with Crippen LogP contribution >= 0.6 is 24.0 Å². The molecule has 0 spiro atoms. The fourth-order valence-corrected chi connectivity index (χ4v) is 2.37. The van der Waals surface area contributed by atoms with Crippen LogP contribution in [0.2, 0.25) is 0 Å². The van der Waals surface area contributed by atoms with Crippen LogP contribution in [0.25, 0.3) is 0 Å². The summed E-state index contributed by atoms with van der Waals surface area (Å²) in [7, 11) is 0. The van der Waals surface area contributed by atoms with Crippen molar-refractivity contribution in [2.24, 2.45) is 10.9 Å². The predicted octanol–water partition coefficient (Wildman–Crippen LogP) is 4.11. The lowest BCUT2D eigenvalue weighted by Gasteiger charge is -2.16. The van der Waals surface area contributed by atoms with Gasteiger partial charge >= 0.3 is 0 Å². The highest BCUT2D eigenvalue weighted by molar-refractivity contribution is 14.0. The first-order chi connectivity index (χ1) is 11.2. The van der Waals surface area contributed by atoms with E-state index < -0.39 is 0 Å². The Balaban J connectivity index is 0.00000288. The third-order valence-electron chi connectivity index (χ3n) is 3.62. The summed E-state index contributed by atoms with van der Waals surface area (Å²) in [4.78, 5) is 4.68. The van der Waals surface area contributed by atoms with E-state index in [1.165, 1.54) is 5.56 Å². The molecule has 134 valence electrons. The Bertz CT molecular complexity index is 518. The van der Waals surface area contributed by atoms with Gasteiger partial charge in [0.1, 0.15) is 5.75 Å². The number of hydrogen-bond donors (Lipinski definition) is 2. The third kappa shape index (κ3) is 7.55. The van der Waals surface area contributed by atoms with Crippen LogP contribution in [-0.4, -0.2) is 25.2 Å². The monoisotopic (exact) mass is 443 g/mol. The van der Waals surface area contributed by atoms with Crippen molar-refractivity contribution < 1.29 is 4.74 Å². The predicted molar refractivity (Wildman–Crippen MR) is 112 cm³/mol. The van der Waals surface area contributed by atoms with E-state index in [2.05, 4.69) is 60.7 Å². The average molecular weight is 443 g/mol. The Labute approximate surface area is 163 Å². The summed E-state index contributed by atoms with van der Waals surface area (Å²) in [6.45, 7) is 8.68. The molecule has 1 aromatic rings. The zero-order valence-electron chi connectivity index (χ0n) is 14.9. The first kappa shape index (κ1) is 20.8. The van der Waals surface area contributed by atoms with Gasteiger partial charge in [-0.05, 0) is 43.4 Å². The van der Waals surface area contributed by atoms with Crippen LogP contribution in [-0.2, 0) is 6.54 Å². The molecule has 0 amide bonds. The lowest BCUT2D eigenvalue weighted by atomic mass is 10.2. The van der Waals surface area contributed by atoms with Crippen LogP contribution in [0, 0.1) is 5.92 Å². The maximum atomic E-state index is 5.71. The van der Waals surface area contributed by atoms with Crippen molar-refractivity contribution in [1.29, 1.82) is 0 Å². The molecule has 1 aliphatic rings. The van der Waals surface area contributed by atoms with Gasteiger partial charge in [0.25, 0.3) is 0 Å². The minimum atomic E-state index is 0. The van der Waals surface area contributed by atoms with Gasteiger partial charge in [-0.3, -0.25) is 0 Å². The Hall–Kier alpha value is -1.24. The second kappa shape index (κ2) is 11.3. The number of hydrogen-bond acceptors (Lipinski definition) is 2. The van der Waals surface area contributed by atoms with Crippen LogP contribution in [0.3, 0.4) is 0 Å². The number of aliphatic imine (C=N–C) groups is 1. The number of nitrogens with zero attached hydrogens (tertiary/aromatic N) is 1. The lowest BCUT2D eigenvalue weighted by Crippen LogP contribution is -2.42. The molecule has 0 saturated carbocycles. The first-order valence-electron chi connectivity index (χ1n) is 8.59. The van der Waals surface area contributed by atoms with Gasteiger partial charge in [-0.1, -0.05) is 38.1 Å². The fourth-order valence-electron chi connectivity index (χ4n) is 2.37. The summed E-state index contributed by atoms with van der Waals surface area (Å²) in [5, 5.41) is 6.79. The molecular formula is C19H30IN3O. The van der Waals surface area contributed by atoms with Crippen LogP contribution in [0.5, 0.6) is 5.75 Å². The number of nitrogens with one attached hydrogen (secondary N) is 2. The van der Waals surface area contributed by atoms with E-state index in [1.54, 1.807) is 0 Å². The van der Waals surface area contributed by atoms with Crippen LogP contribution in [0.4, 0.5) is 0 Å². The Morgan fingerprint density at radius 3 is 2.46 bits per heavy atom. The summed E-state index contributed by atoms with van der Waals surface area (Å²) in [5.74, 6) is 2.35. The highest BCUT2D eigenvalue weighted by Gasteiger charge is 2.11. The van der Waals surface area contributed by atoms with Crippen molar-refractivity contribution >= 4 is 29.9 Å². The molecule has 0 unspecified atom stereocenters. The van der Waals surface area contributed by atoms with Gasteiger partial charge in [-0.15, -0.1) is 24.0 Å². The molecule has 4 nitrogen and oxygen atoms in total. The molecule has 1 aliphatic carbocycles. The molecule has 0 radical (unpaired) electrons. The molecule has 0 aliphatic heterocycles. The highest BCUT2D eigenvalue weighted by Crippen LogP contribution is 2.14. The standard InChI is InChI=1S/C19H29N3O.HI/c1-4-20-19(22-17-7-5-6-8-17)21-13-16-9-11-18(12-10-16)23-14-15(2)3;/h5-6,9-12,15,17H,4,7-8,13-14H2,1-3H3,(H2,20,21,22);1H. The second-order valence-corrected chi connectivity index (χ2v) is 6.33. The lowest BCUT2D eigenvalue weighted by molar-refractivity contribution is 0.271. The maximum Gasteiger partial charge on any atom is 0.191 e. The fraction of sp³-hybridized carbons (Fsp3) is 0.526. The van der Waals surface area contributed by atoms with Gasteiger partial charge in [0, 0.05) is 12.6 Å². The topological polar surface area (TPSA) is 45.7 Å². The van der Waals surface area contributed by atoms with E-state index in [-0.39, 0.29) is 24.0 Å². The van der Waals surface area contributed by atoms with Gasteiger partial charge in [0.05, 0.1) is 13.2 Å². The van der Waals surface area contributed by atoms with Crippen molar-refractivity contribution in [2.75, 3.05) is 13.2 Å². The van der Waals surface area contributed by atoms with Crippen molar-refractivity contribution in [2.45, 2.75) is 46.2 Å². The second-order valence-electron chi connectivity index (χ2n) is 6.33. The third-order valence-corrected chi connectivity index (χ3v) is 3.62. The van der Waals surface area contributed by atoms with Crippen LogP contribution in [0.1, 0.15) is 39.2 Å². The van der Waals surface area contributed by atoms with Crippen LogP contribution in [0.15, 0.2) is 41.4 Å². The minimum absolute atomic E-state index is 0. The van der Waals surface area contributed by atoms with Gasteiger partial charge < -0.3 is 15.4 Å². The van der Waals surface area contributed by atoms with E-state index in [0.29, 0.717) is 18.5 Å². The molecule has 0 atom stereocenters. The van der Waals surface area contributed by atoms with Crippen molar-refractivity contribution in [3.8, 4) is 5.75 Å². The molecule has 5 heteroatoms. The number of halogens is 1. The molecule has 0 fully saturated rings. The van der Waals surface area contributed by atoms with E-state index in [9.17, 15) is 0 Å². The molecule has 24 heavy (non-hydrogen) atoms. The molecule has 0 heterocycles. The van der Waals surface area contributed by atoms with Crippen molar-refractivity contribution in [3.05, 3.63) is 42.0 Å². The minimum Gasteiger partial charge on any atom is -0.493 e. The smallest absolute Gasteiger partial charge is 0.191 e. The summed E-state index contributed by atoms with van der Waals surface area (Å²) >= 11 is 0. The summed E-state index contributed by atoms with van der Waals surface area (Å²) in [6, 6.07) is 8.68. The van der Waals surface area contributed by atoms with Gasteiger partial charge in [0.2, 0.25) is 0 Å². The SMILES string of the molecule is CCNC(=NCc1ccc(OCC(C)C)cc1)NC1CC=CC1.I. The van der Waals surface area contributed by atoms with Gasteiger partial charge in [0.15, 0.2) is 5.96 Å². The quantitative estimate of drug-likeness (QED) is 0.289. The van der Waals surface area contributed by atoms with Crippen molar-refractivity contribution in [1.82, 2.24) is 10.6 Å². The summed E-state index contributed by atoms with van der Waals surface area (Å²) < 4.78 is 5.71. The Morgan fingerprint density at radius 1 is 1.21 bits per heavy atom. The Kier molecular flexibility index (Phi) is 9.83. The van der Waals surface area contributed by atoms with Gasteiger partial charge in [-0.2, -0.15) is 0 Å². The van der Waals surface area contributed by atoms with Gasteiger partial charge in [-0.25, -0.2) is 4.99 Å². The molecule has 2 rings (SSSR count). The van der Waals surface area contributed by atoms with E-state index in [0.717, 1.165) is 37.7 Å². The van der Waals surface area contributed by atoms with E-state index >= 15 is 0 Å². The molecule has 0 aromatic heterocycles. The number of rotatable bonds is 7. The average Bonchev–Trinajstić information content (AvgIpc) is 3.05. The van der Waals surface area contributed by atoms with Crippen LogP contribution < -0.4 is 15.4 Å². The molecule has 0 bridgehead atoms. The largest absolute Gasteiger partial charge is 0.493 e. The zero-order chi connectivity index (χ0) is 16.5. The number of benzene rings is 1. The normalized spacial score (nSPS) is 14.6. The highest BCUT2D eigenvalue weighted by atomic mass is 127. The Morgan fingerprint density at radius 2 is 1.88 bits per heavy atom. The first-order valence-corrected chi connectivity index (χ1v) is 8.59. The maximum absolute atomic E-state index is 5.71. The van der Waals surface area contributed by atoms with E-state index in [1.807, 2.05) is 12.1 Å². The number of guanidine groups is 1. The van der Waals surface area contributed by atoms with E-state index in [4.69, 9.17) is 4.74 Å². The molecular weight excluding hydrogens is 413 g/mol. The molecule has 2 N–H and O–H groups in total. The number of ether oxygens (including phenoxy) is 1. The summed E-state index contributed by atoms with van der Waals surface area (Å²) in [6.07, 6.45) is 6.59. The summed E-state index contributed by atoms with van der Waals surface area (Å²) in [5.41, 5.74) is 1.18. The zero-order valence-corrected chi connectivity index (χ0v) is 17.2. The van der Waals surface area contributed by atoms with Crippen molar-refractivity contribution in [3.63, 3.8) is 0 Å².